The number of alkyl halides is 3. The number of hydrogen-bond donors (Lipinski definition) is 0. The maximum atomic E-state index is 13.2. The summed E-state index contributed by atoms with van der Waals surface area (Å²) >= 11 is 6.99. The Morgan fingerprint density at radius 2 is 1.97 bits per heavy atom. The number of carbonyl (C=O) groups is 1. The summed E-state index contributed by atoms with van der Waals surface area (Å²) in [5.41, 5.74) is 0.158. The van der Waals surface area contributed by atoms with E-state index >= 15 is 0 Å². The van der Waals surface area contributed by atoms with Gasteiger partial charge in [0.2, 0.25) is 5.91 Å². The number of hydrogen-bond acceptors (Lipinski definition) is 6. The topological polar surface area (TPSA) is 69.0 Å². The number of pyridine rings is 1. The molecule has 3 aromatic rings. The molecule has 0 N–H and O–H groups in total. The fourth-order valence-corrected chi connectivity index (χ4v) is 5.12. The monoisotopic (exact) mass is 498 g/mol. The van der Waals surface area contributed by atoms with Crippen molar-refractivity contribution in [2.45, 2.75) is 30.2 Å². The summed E-state index contributed by atoms with van der Waals surface area (Å²) in [7, 11) is 0. The van der Waals surface area contributed by atoms with Crippen molar-refractivity contribution < 1.29 is 27.4 Å². The molecule has 1 fully saturated rings. The molecule has 12 heteroatoms. The average molecular weight is 499 g/mol. The Balaban J connectivity index is 1.33. The van der Waals surface area contributed by atoms with Crippen LogP contribution in [0.25, 0.3) is 5.65 Å². The standard InChI is InChI=1S/C21H18ClF3N4O3S/c22-14-9-13(21(23,24)25)10-29-19(14)26-27-20(29)33-11-18(30)28-5-1-2-15(28)12-3-4-16-17(8-12)32-7-6-31-16/h3-4,8-10,15H,1-2,5-7,11H2/t15-/m0/s1. The highest BCUT2D eigenvalue weighted by Crippen LogP contribution is 2.39. The Labute approximate surface area is 195 Å². The minimum absolute atomic E-state index is 0.00963. The number of nitrogens with zero attached hydrogens (tertiary/aromatic N) is 4. The molecular weight excluding hydrogens is 481 g/mol. The smallest absolute Gasteiger partial charge is 0.417 e. The Bertz CT molecular complexity index is 1220. The molecule has 0 radical (unpaired) electrons. The van der Waals surface area contributed by atoms with E-state index in [0.717, 1.165) is 42.4 Å². The number of fused-ring (bicyclic) bond motifs is 2. The number of ether oxygens (including phenoxy) is 2. The third-order valence-corrected chi connectivity index (χ3v) is 6.81. The van der Waals surface area contributed by atoms with E-state index in [1.165, 1.54) is 4.40 Å². The van der Waals surface area contributed by atoms with Gasteiger partial charge in [-0.15, -0.1) is 10.2 Å². The van der Waals surface area contributed by atoms with E-state index in [1.807, 2.05) is 18.2 Å². The molecule has 2 aliphatic heterocycles. The van der Waals surface area contributed by atoms with Crippen molar-refractivity contribution in [3.8, 4) is 11.5 Å². The molecule has 4 heterocycles. The van der Waals surface area contributed by atoms with Crippen LogP contribution in [0.1, 0.15) is 30.0 Å². The van der Waals surface area contributed by atoms with Crippen molar-refractivity contribution in [3.63, 3.8) is 0 Å². The number of rotatable bonds is 4. The molecule has 7 nitrogen and oxygen atoms in total. The Hall–Kier alpha value is -2.66. The van der Waals surface area contributed by atoms with Crippen LogP contribution in [0.3, 0.4) is 0 Å². The summed E-state index contributed by atoms with van der Waals surface area (Å²) in [4.78, 5) is 14.8. The van der Waals surface area contributed by atoms with Crippen molar-refractivity contribution >= 4 is 34.9 Å². The summed E-state index contributed by atoms with van der Waals surface area (Å²) in [6.07, 6.45) is -2.00. The number of aromatic nitrogens is 3. The van der Waals surface area contributed by atoms with Crippen LogP contribution in [-0.2, 0) is 11.0 Å². The number of halogens is 4. The van der Waals surface area contributed by atoms with E-state index in [0.29, 0.717) is 31.3 Å². The summed E-state index contributed by atoms with van der Waals surface area (Å²) in [6.45, 7) is 1.58. The zero-order valence-corrected chi connectivity index (χ0v) is 18.7. The van der Waals surface area contributed by atoms with Crippen molar-refractivity contribution in [2.24, 2.45) is 0 Å². The second kappa shape index (κ2) is 8.60. The van der Waals surface area contributed by atoms with Crippen LogP contribution in [-0.4, -0.2) is 50.9 Å². The zero-order valence-electron chi connectivity index (χ0n) is 17.1. The normalized spacial score (nSPS) is 18.2. The predicted molar refractivity (Wildman–Crippen MR) is 115 cm³/mol. The van der Waals surface area contributed by atoms with Gasteiger partial charge in [0, 0.05) is 12.7 Å². The van der Waals surface area contributed by atoms with Crippen LogP contribution in [0.15, 0.2) is 35.6 Å². The third-order valence-electron chi connectivity index (χ3n) is 5.60. The molecule has 5 rings (SSSR count). The van der Waals surface area contributed by atoms with Gasteiger partial charge in [-0.1, -0.05) is 29.4 Å². The highest BCUT2D eigenvalue weighted by atomic mass is 35.5. The van der Waals surface area contributed by atoms with Gasteiger partial charge in [0.25, 0.3) is 0 Å². The minimum atomic E-state index is -4.56. The Morgan fingerprint density at radius 3 is 2.76 bits per heavy atom. The van der Waals surface area contributed by atoms with Crippen molar-refractivity contribution in [3.05, 3.63) is 46.6 Å². The number of likely N-dealkylation sites (tertiary alicyclic amines) is 1. The lowest BCUT2D eigenvalue weighted by molar-refractivity contribution is -0.138. The largest absolute Gasteiger partial charge is 0.486 e. The van der Waals surface area contributed by atoms with E-state index < -0.39 is 11.7 Å². The van der Waals surface area contributed by atoms with Gasteiger partial charge in [0.05, 0.1) is 22.4 Å². The van der Waals surface area contributed by atoms with Gasteiger partial charge in [-0.25, -0.2) is 0 Å². The highest BCUT2D eigenvalue weighted by molar-refractivity contribution is 7.99. The molecule has 1 saturated heterocycles. The second-order valence-corrected chi connectivity index (χ2v) is 9.04. The van der Waals surface area contributed by atoms with Crippen LogP contribution < -0.4 is 9.47 Å². The van der Waals surface area contributed by atoms with E-state index in [4.69, 9.17) is 21.1 Å². The molecule has 0 bridgehead atoms. The molecular formula is C21H18ClF3N4O3S. The SMILES string of the molecule is O=C(CSc1nnc2c(Cl)cc(C(F)(F)F)cn12)N1CCC[C@H]1c1ccc2c(c1)OCCO2. The molecule has 2 aromatic heterocycles. The molecule has 0 unspecified atom stereocenters. The number of amides is 1. The van der Waals surface area contributed by atoms with Gasteiger partial charge in [0.1, 0.15) is 13.2 Å². The van der Waals surface area contributed by atoms with Gasteiger partial charge in [-0.2, -0.15) is 13.2 Å². The summed E-state index contributed by atoms with van der Waals surface area (Å²) in [5, 5.41) is 7.80. The number of benzene rings is 1. The molecule has 1 atom stereocenters. The first kappa shape index (κ1) is 22.1. The van der Waals surface area contributed by atoms with Crippen molar-refractivity contribution in [1.29, 1.82) is 0 Å². The van der Waals surface area contributed by atoms with Crippen LogP contribution in [0.4, 0.5) is 13.2 Å². The van der Waals surface area contributed by atoms with Crippen LogP contribution in [0.2, 0.25) is 5.02 Å². The fraction of sp³-hybridized carbons (Fsp3) is 0.381. The lowest BCUT2D eigenvalue weighted by Crippen LogP contribution is -2.32. The average Bonchev–Trinajstić information content (AvgIpc) is 3.44. The van der Waals surface area contributed by atoms with Gasteiger partial charge < -0.3 is 14.4 Å². The zero-order chi connectivity index (χ0) is 23.2. The first-order valence-corrected chi connectivity index (χ1v) is 11.6. The molecule has 0 spiro atoms. The first-order chi connectivity index (χ1) is 15.8. The second-order valence-electron chi connectivity index (χ2n) is 7.69. The van der Waals surface area contributed by atoms with E-state index in [2.05, 4.69) is 10.2 Å². The van der Waals surface area contributed by atoms with E-state index in [1.54, 1.807) is 4.90 Å². The predicted octanol–water partition coefficient (Wildman–Crippen LogP) is 4.63. The third kappa shape index (κ3) is 4.31. The van der Waals surface area contributed by atoms with Crippen molar-refractivity contribution in [1.82, 2.24) is 19.5 Å². The highest BCUT2D eigenvalue weighted by Gasteiger charge is 2.33. The molecule has 0 saturated carbocycles. The summed E-state index contributed by atoms with van der Waals surface area (Å²) < 4.78 is 51.9. The maximum Gasteiger partial charge on any atom is 0.417 e. The van der Waals surface area contributed by atoms with Gasteiger partial charge in [-0.3, -0.25) is 9.20 Å². The molecule has 1 amide bonds. The Morgan fingerprint density at radius 1 is 1.18 bits per heavy atom. The van der Waals surface area contributed by atoms with E-state index in [-0.39, 0.29) is 33.5 Å². The van der Waals surface area contributed by atoms with Crippen LogP contribution >= 0.6 is 23.4 Å². The van der Waals surface area contributed by atoms with Crippen LogP contribution in [0, 0.1) is 0 Å². The molecule has 0 aliphatic carbocycles. The number of thioether (sulfide) groups is 1. The molecule has 1 aromatic carbocycles. The van der Waals surface area contributed by atoms with Crippen LogP contribution in [0.5, 0.6) is 11.5 Å². The molecule has 174 valence electrons. The van der Waals surface area contributed by atoms with Gasteiger partial charge in [-0.05, 0) is 36.6 Å². The summed E-state index contributed by atoms with van der Waals surface area (Å²) in [5.74, 6) is 1.23. The quantitative estimate of drug-likeness (QED) is 0.489. The fourth-order valence-electron chi connectivity index (χ4n) is 4.08. The molecule has 2 aliphatic rings. The Kier molecular flexibility index (Phi) is 5.77. The maximum absolute atomic E-state index is 13.2. The van der Waals surface area contributed by atoms with E-state index in [9.17, 15) is 18.0 Å². The lowest BCUT2D eigenvalue weighted by Gasteiger charge is -2.26. The first-order valence-electron chi connectivity index (χ1n) is 10.2. The molecule has 33 heavy (non-hydrogen) atoms. The lowest BCUT2D eigenvalue weighted by atomic mass is 10.0. The van der Waals surface area contributed by atoms with Gasteiger partial charge >= 0.3 is 6.18 Å². The van der Waals surface area contributed by atoms with Gasteiger partial charge in [0.15, 0.2) is 22.3 Å². The number of carbonyl (C=O) groups excluding carboxylic acids is 1. The summed E-state index contributed by atoms with van der Waals surface area (Å²) in [6, 6.07) is 6.40. The van der Waals surface area contributed by atoms with Crippen molar-refractivity contribution in [2.75, 3.05) is 25.5 Å². The minimum Gasteiger partial charge on any atom is -0.486 e.